The summed E-state index contributed by atoms with van der Waals surface area (Å²) in [5.41, 5.74) is 0.849. The quantitative estimate of drug-likeness (QED) is 0.399. The highest BCUT2D eigenvalue weighted by Gasteiger charge is 2.55. The van der Waals surface area contributed by atoms with E-state index in [-0.39, 0.29) is 11.9 Å². The van der Waals surface area contributed by atoms with Crippen LogP contribution in [0.25, 0.3) is 0 Å². The molecule has 7 aliphatic rings. The van der Waals surface area contributed by atoms with E-state index in [1.54, 1.807) is 6.07 Å². The summed E-state index contributed by atoms with van der Waals surface area (Å²) in [5, 5.41) is 0. The molecular formula is C38H42N4O9. The fourth-order valence-electron chi connectivity index (χ4n) is 8.96. The molecular weight excluding hydrogens is 656 g/mol. The number of benzene rings is 1. The summed E-state index contributed by atoms with van der Waals surface area (Å²) >= 11 is 0. The van der Waals surface area contributed by atoms with E-state index in [9.17, 15) is 19.2 Å². The van der Waals surface area contributed by atoms with E-state index in [1.165, 1.54) is 51.4 Å². The molecule has 3 aliphatic carbocycles. The number of aromatic nitrogens is 2. The topological polar surface area (TPSA) is 147 Å². The van der Waals surface area contributed by atoms with Crippen molar-refractivity contribution in [2.45, 2.75) is 88.8 Å². The Balaban J connectivity index is 1.18. The number of esters is 4. The van der Waals surface area contributed by atoms with Crippen molar-refractivity contribution in [2.75, 3.05) is 26.2 Å². The molecule has 2 saturated carbocycles. The Morgan fingerprint density at radius 2 is 1.29 bits per heavy atom. The van der Waals surface area contributed by atoms with Gasteiger partial charge in [-0.2, -0.15) is 9.97 Å². The van der Waals surface area contributed by atoms with E-state index < -0.39 is 47.1 Å². The zero-order valence-corrected chi connectivity index (χ0v) is 28.6. The van der Waals surface area contributed by atoms with E-state index in [0.29, 0.717) is 24.1 Å². The van der Waals surface area contributed by atoms with Gasteiger partial charge in [-0.25, -0.2) is 19.2 Å². The minimum Gasteiger partial charge on any atom is -0.436 e. The fraction of sp³-hybridized carbons (Fsp3) is 0.526. The predicted molar refractivity (Wildman–Crippen MR) is 180 cm³/mol. The molecule has 268 valence electrons. The Labute approximate surface area is 295 Å². The van der Waals surface area contributed by atoms with Crippen molar-refractivity contribution in [2.24, 2.45) is 11.8 Å². The van der Waals surface area contributed by atoms with Gasteiger partial charge in [0, 0.05) is 68.0 Å². The highest BCUT2D eigenvalue weighted by molar-refractivity contribution is 5.96. The second kappa shape index (κ2) is 14.2. The van der Waals surface area contributed by atoms with Crippen LogP contribution in [-0.4, -0.2) is 75.9 Å². The number of hydrogen-bond donors (Lipinski definition) is 0. The summed E-state index contributed by atoms with van der Waals surface area (Å²) in [6, 6.07) is 5.93. The molecule has 5 heterocycles. The van der Waals surface area contributed by atoms with Crippen LogP contribution in [0.2, 0.25) is 0 Å². The van der Waals surface area contributed by atoms with Gasteiger partial charge in [0.05, 0.1) is 0 Å². The SMILES string of the molecule is O=C1/C=C\C(=O)Oc2c(nc3nc2OC(=O)/C=C\C(=O)OC2(N4CCN(C5CCCCC5)CC4)c4ccc(cc4CC2CC2CCCCC2)O3)O1. The second-order valence-corrected chi connectivity index (χ2v) is 14.4. The van der Waals surface area contributed by atoms with Gasteiger partial charge in [0.15, 0.2) is 5.72 Å². The van der Waals surface area contributed by atoms with Crippen LogP contribution in [0.5, 0.6) is 29.3 Å². The maximum atomic E-state index is 13.9. The van der Waals surface area contributed by atoms with Crippen molar-refractivity contribution in [3.05, 3.63) is 53.6 Å². The molecule has 9 rings (SSSR count). The monoisotopic (exact) mass is 698 g/mol. The molecule has 0 N–H and O–H groups in total. The number of ether oxygens (including phenoxy) is 5. The highest BCUT2D eigenvalue weighted by Crippen LogP contribution is 2.52. The Hall–Kier alpha value is -4.62. The van der Waals surface area contributed by atoms with Gasteiger partial charge in [-0.15, -0.1) is 0 Å². The highest BCUT2D eigenvalue weighted by atomic mass is 16.6. The van der Waals surface area contributed by atoms with Crippen molar-refractivity contribution in [3.8, 4) is 29.3 Å². The summed E-state index contributed by atoms with van der Waals surface area (Å²) in [4.78, 5) is 64.9. The number of fused-ring (bicyclic) bond motifs is 6. The normalized spacial score (nSPS) is 27.7. The molecule has 1 saturated heterocycles. The van der Waals surface area contributed by atoms with Crippen molar-refractivity contribution < 1.29 is 42.9 Å². The van der Waals surface area contributed by atoms with Crippen molar-refractivity contribution >= 4 is 23.9 Å². The van der Waals surface area contributed by atoms with Crippen LogP contribution in [0.3, 0.4) is 0 Å². The first-order valence-corrected chi connectivity index (χ1v) is 18.3. The maximum Gasteiger partial charge on any atom is 0.337 e. The van der Waals surface area contributed by atoms with E-state index in [1.807, 2.05) is 12.1 Å². The van der Waals surface area contributed by atoms with E-state index in [2.05, 4.69) is 19.8 Å². The Morgan fingerprint density at radius 1 is 0.686 bits per heavy atom. The zero-order valence-electron chi connectivity index (χ0n) is 28.6. The number of carbonyl (C=O) groups is 4. The molecule has 1 aromatic carbocycles. The molecule has 0 spiro atoms. The van der Waals surface area contributed by atoms with Crippen LogP contribution < -0.4 is 18.9 Å². The average Bonchev–Trinajstić information content (AvgIpc) is 3.43. The average molecular weight is 699 g/mol. The molecule has 1 aromatic heterocycles. The van der Waals surface area contributed by atoms with Crippen molar-refractivity contribution in [1.82, 2.24) is 19.8 Å². The third kappa shape index (κ3) is 6.88. The first kappa shape index (κ1) is 33.5. The van der Waals surface area contributed by atoms with E-state index in [4.69, 9.17) is 23.7 Å². The number of piperazine rings is 1. The van der Waals surface area contributed by atoms with Gasteiger partial charge in [0.25, 0.3) is 17.5 Å². The lowest BCUT2D eigenvalue weighted by Gasteiger charge is -2.50. The van der Waals surface area contributed by atoms with Gasteiger partial charge >= 0.3 is 29.9 Å². The van der Waals surface area contributed by atoms with Crippen LogP contribution in [0.4, 0.5) is 0 Å². The molecule has 6 bridgehead atoms. The van der Waals surface area contributed by atoms with Crippen LogP contribution in [0.1, 0.15) is 81.8 Å². The number of nitrogens with zero attached hydrogens (tertiary/aromatic N) is 4. The van der Waals surface area contributed by atoms with Gasteiger partial charge < -0.3 is 23.7 Å². The van der Waals surface area contributed by atoms with Gasteiger partial charge in [-0.05, 0) is 55.4 Å². The van der Waals surface area contributed by atoms with Gasteiger partial charge in [-0.3, -0.25) is 9.80 Å². The lowest BCUT2D eigenvalue weighted by atomic mass is 9.78. The summed E-state index contributed by atoms with van der Waals surface area (Å²) < 4.78 is 28.7. The van der Waals surface area contributed by atoms with Crippen LogP contribution in [-0.2, 0) is 36.1 Å². The fourth-order valence-corrected chi connectivity index (χ4v) is 8.96. The molecule has 0 amide bonds. The molecule has 13 nitrogen and oxygen atoms in total. The zero-order chi connectivity index (χ0) is 35.0. The maximum absolute atomic E-state index is 13.9. The summed E-state index contributed by atoms with van der Waals surface area (Å²) in [7, 11) is 0. The first-order valence-electron chi connectivity index (χ1n) is 18.3. The number of rotatable bonds is 4. The molecule has 51 heavy (non-hydrogen) atoms. The largest absolute Gasteiger partial charge is 0.436 e. The first-order chi connectivity index (χ1) is 24.8. The summed E-state index contributed by atoms with van der Waals surface area (Å²) in [6.07, 6.45) is 17.6. The van der Waals surface area contributed by atoms with Gasteiger partial charge in [-0.1, -0.05) is 51.4 Å². The van der Waals surface area contributed by atoms with Crippen LogP contribution in [0.15, 0.2) is 42.5 Å². The molecule has 2 atom stereocenters. The summed E-state index contributed by atoms with van der Waals surface area (Å²) in [5.74, 6) is -4.14. The number of carbonyl (C=O) groups excluding carboxylic acids is 4. The van der Waals surface area contributed by atoms with Gasteiger partial charge in [0.2, 0.25) is 0 Å². The smallest absolute Gasteiger partial charge is 0.337 e. The Morgan fingerprint density at radius 3 is 1.96 bits per heavy atom. The lowest BCUT2D eigenvalue weighted by Crippen LogP contribution is -2.60. The minimum atomic E-state index is -1.05. The van der Waals surface area contributed by atoms with Crippen LogP contribution >= 0.6 is 0 Å². The molecule has 3 fully saturated rings. The minimum absolute atomic E-state index is 0.0225. The number of hydrogen-bond acceptors (Lipinski definition) is 13. The molecule has 0 radical (unpaired) electrons. The Kier molecular flexibility index (Phi) is 9.32. The molecule has 13 heteroatoms. The second-order valence-electron chi connectivity index (χ2n) is 14.4. The van der Waals surface area contributed by atoms with Crippen molar-refractivity contribution in [1.29, 1.82) is 0 Å². The molecule has 2 unspecified atom stereocenters. The molecule has 2 aromatic rings. The lowest BCUT2D eigenvalue weighted by molar-refractivity contribution is -0.207. The third-order valence-electron chi connectivity index (χ3n) is 11.3. The van der Waals surface area contributed by atoms with E-state index >= 15 is 0 Å². The summed E-state index contributed by atoms with van der Waals surface area (Å²) in [6.45, 7) is 3.26. The van der Waals surface area contributed by atoms with Crippen LogP contribution in [0, 0.1) is 11.8 Å². The predicted octanol–water partition coefficient (Wildman–Crippen LogP) is 4.91. The third-order valence-corrected chi connectivity index (χ3v) is 11.3. The molecule has 4 aliphatic heterocycles. The standard InChI is InChI=1S/C38H42N4O9/c43-30-13-14-31(44)49-35-34(48-30)36-40-37(39-35)47-28-11-12-29-25(23-28)22-26(21-24-7-3-1-4-8-24)38(29,51-33(46)16-15-32(45)50-36)42-19-17-41(18-20-42)27-9-5-2-6-10-27/h11-16,23-24,26-27H,1-10,17-22H2/b14-13-,16-15-. The van der Waals surface area contributed by atoms with Gasteiger partial charge in [0.1, 0.15) is 5.75 Å². The van der Waals surface area contributed by atoms with Crippen molar-refractivity contribution in [3.63, 3.8) is 0 Å². The Bertz CT molecular complexity index is 1770. The van der Waals surface area contributed by atoms with E-state index in [0.717, 1.165) is 80.9 Å².